The first kappa shape index (κ1) is 14.3. The molecule has 1 N–H and O–H groups in total. The molecule has 1 aromatic carbocycles. The molecule has 0 bridgehead atoms. The van der Waals surface area contributed by atoms with Crippen LogP contribution in [0.25, 0.3) is 0 Å². The van der Waals surface area contributed by atoms with Gasteiger partial charge in [0.05, 0.1) is 11.2 Å². The van der Waals surface area contributed by atoms with Crippen LogP contribution in [-0.4, -0.2) is 41.6 Å². The molecule has 0 heterocycles. The number of amides is 1. The normalized spacial score (nSPS) is 11.1. The second-order valence-corrected chi connectivity index (χ2v) is 4.59. The lowest BCUT2D eigenvalue weighted by atomic mass is 10.1. The van der Waals surface area contributed by atoms with E-state index < -0.39 is 11.5 Å². The van der Waals surface area contributed by atoms with Gasteiger partial charge in [0.2, 0.25) is 0 Å². The second kappa shape index (κ2) is 5.75. The first-order valence-corrected chi connectivity index (χ1v) is 5.53. The number of hydroxylamine groups is 2. The summed E-state index contributed by atoms with van der Waals surface area (Å²) in [7, 11) is 1.44. The molecule has 0 unspecified atom stereocenters. The monoisotopic (exact) mass is 251 g/mol. The maximum absolute atomic E-state index is 12.0. The maximum atomic E-state index is 12.0. The fourth-order valence-electron chi connectivity index (χ4n) is 1.28. The van der Waals surface area contributed by atoms with E-state index in [0.29, 0.717) is 11.8 Å². The Morgan fingerprint density at radius 3 is 2.61 bits per heavy atom. The highest BCUT2D eigenvalue weighted by Crippen LogP contribution is 2.10. The van der Waals surface area contributed by atoms with E-state index >= 15 is 0 Å². The van der Waals surface area contributed by atoms with Crippen LogP contribution in [0.5, 0.6) is 0 Å². The predicted octanol–water partition coefficient (Wildman–Crippen LogP) is 1.27. The summed E-state index contributed by atoms with van der Waals surface area (Å²) in [5.41, 5.74) is -0.453. The van der Waals surface area contributed by atoms with Gasteiger partial charge in [0.15, 0.2) is 6.29 Å². The van der Waals surface area contributed by atoms with E-state index in [2.05, 4.69) is 0 Å². The van der Waals surface area contributed by atoms with E-state index in [-0.39, 0.29) is 12.2 Å². The SMILES string of the molecule is CN(OCC(C)(C)O)C(=O)c1ccccc1C=O. The van der Waals surface area contributed by atoms with Gasteiger partial charge in [-0.3, -0.25) is 14.4 Å². The Balaban J connectivity index is 2.77. The summed E-state index contributed by atoms with van der Waals surface area (Å²) in [4.78, 5) is 28.0. The zero-order chi connectivity index (χ0) is 13.8. The summed E-state index contributed by atoms with van der Waals surface area (Å²) in [5.74, 6) is -0.429. The summed E-state index contributed by atoms with van der Waals surface area (Å²) in [5, 5.41) is 10.5. The number of aliphatic hydroxyl groups is 1. The number of aldehydes is 1. The number of benzene rings is 1. The van der Waals surface area contributed by atoms with Crippen LogP contribution < -0.4 is 0 Å². The minimum Gasteiger partial charge on any atom is -0.388 e. The molecule has 5 nitrogen and oxygen atoms in total. The van der Waals surface area contributed by atoms with Crippen LogP contribution in [0.1, 0.15) is 34.6 Å². The molecule has 0 spiro atoms. The Kier molecular flexibility index (Phi) is 4.58. The van der Waals surface area contributed by atoms with Crippen LogP contribution in [0.15, 0.2) is 24.3 Å². The van der Waals surface area contributed by atoms with E-state index in [1.165, 1.54) is 7.05 Å². The van der Waals surface area contributed by atoms with Crippen molar-refractivity contribution in [3.05, 3.63) is 35.4 Å². The number of carbonyl (C=O) groups is 2. The molecule has 1 aromatic rings. The Hall–Kier alpha value is -1.72. The largest absolute Gasteiger partial charge is 0.388 e. The summed E-state index contributed by atoms with van der Waals surface area (Å²) in [6, 6.07) is 6.46. The first-order valence-electron chi connectivity index (χ1n) is 5.53. The molecule has 1 amide bonds. The van der Waals surface area contributed by atoms with Crippen LogP contribution in [0, 0.1) is 0 Å². The van der Waals surface area contributed by atoms with Gasteiger partial charge in [-0.15, -0.1) is 0 Å². The molecule has 1 rings (SSSR count). The average Bonchev–Trinajstić information content (AvgIpc) is 2.34. The minimum absolute atomic E-state index is 0.0154. The van der Waals surface area contributed by atoms with Crippen LogP contribution in [0.2, 0.25) is 0 Å². The highest BCUT2D eigenvalue weighted by atomic mass is 16.7. The minimum atomic E-state index is -1.03. The van der Waals surface area contributed by atoms with Crippen molar-refractivity contribution in [1.29, 1.82) is 0 Å². The zero-order valence-corrected chi connectivity index (χ0v) is 10.7. The standard InChI is InChI=1S/C13H17NO4/c1-13(2,17)9-18-14(3)12(16)11-7-5-4-6-10(11)8-15/h4-8,17H,9H2,1-3H3. The van der Waals surface area contributed by atoms with Gasteiger partial charge in [-0.1, -0.05) is 18.2 Å². The lowest BCUT2D eigenvalue weighted by Crippen LogP contribution is -2.35. The zero-order valence-electron chi connectivity index (χ0n) is 10.7. The highest BCUT2D eigenvalue weighted by Gasteiger charge is 2.19. The number of hydrogen-bond acceptors (Lipinski definition) is 4. The lowest BCUT2D eigenvalue weighted by molar-refractivity contribution is -0.150. The van der Waals surface area contributed by atoms with Gasteiger partial charge in [-0.25, -0.2) is 5.06 Å². The number of nitrogens with zero attached hydrogens (tertiary/aromatic N) is 1. The Labute approximate surface area is 106 Å². The molecule has 0 saturated heterocycles. The molecular formula is C13H17NO4. The Bertz CT molecular complexity index is 437. The van der Waals surface area contributed by atoms with Gasteiger partial charge in [0, 0.05) is 12.6 Å². The van der Waals surface area contributed by atoms with Crippen molar-refractivity contribution in [3.63, 3.8) is 0 Å². The molecule has 18 heavy (non-hydrogen) atoms. The molecule has 5 heteroatoms. The number of hydrogen-bond donors (Lipinski definition) is 1. The van der Waals surface area contributed by atoms with Gasteiger partial charge in [0.25, 0.3) is 5.91 Å². The van der Waals surface area contributed by atoms with Crippen LogP contribution in [0.4, 0.5) is 0 Å². The molecule has 0 aliphatic heterocycles. The van der Waals surface area contributed by atoms with Crippen molar-refractivity contribution in [2.75, 3.05) is 13.7 Å². The quantitative estimate of drug-likeness (QED) is 0.632. The molecule has 0 radical (unpaired) electrons. The van der Waals surface area contributed by atoms with Crippen molar-refractivity contribution >= 4 is 12.2 Å². The van der Waals surface area contributed by atoms with Gasteiger partial charge in [-0.2, -0.15) is 0 Å². The maximum Gasteiger partial charge on any atom is 0.277 e. The van der Waals surface area contributed by atoms with Crippen LogP contribution >= 0.6 is 0 Å². The lowest BCUT2D eigenvalue weighted by Gasteiger charge is -2.22. The van der Waals surface area contributed by atoms with E-state index in [0.717, 1.165) is 5.06 Å². The van der Waals surface area contributed by atoms with Gasteiger partial charge in [0.1, 0.15) is 6.61 Å². The van der Waals surface area contributed by atoms with E-state index in [4.69, 9.17) is 4.84 Å². The van der Waals surface area contributed by atoms with E-state index in [1.807, 2.05) is 0 Å². The summed E-state index contributed by atoms with van der Waals surface area (Å²) in [6.07, 6.45) is 0.622. The smallest absolute Gasteiger partial charge is 0.277 e. The Morgan fingerprint density at radius 1 is 1.44 bits per heavy atom. The third kappa shape index (κ3) is 3.94. The second-order valence-electron chi connectivity index (χ2n) is 4.59. The summed E-state index contributed by atoms with van der Waals surface area (Å²) >= 11 is 0. The van der Waals surface area contributed by atoms with Gasteiger partial charge >= 0.3 is 0 Å². The average molecular weight is 251 g/mol. The van der Waals surface area contributed by atoms with E-state index in [9.17, 15) is 14.7 Å². The fourth-order valence-corrected chi connectivity index (χ4v) is 1.28. The Morgan fingerprint density at radius 2 is 2.06 bits per heavy atom. The number of carbonyl (C=O) groups excluding carboxylic acids is 2. The summed E-state index contributed by atoms with van der Waals surface area (Å²) in [6.45, 7) is 3.13. The molecular weight excluding hydrogens is 234 g/mol. The van der Waals surface area contributed by atoms with Crippen LogP contribution in [0.3, 0.4) is 0 Å². The molecule has 0 fully saturated rings. The van der Waals surface area contributed by atoms with Crippen molar-refractivity contribution in [3.8, 4) is 0 Å². The molecule has 0 atom stereocenters. The first-order chi connectivity index (χ1) is 8.35. The molecule has 0 aliphatic carbocycles. The van der Waals surface area contributed by atoms with Crippen LogP contribution in [-0.2, 0) is 4.84 Å². The number of rotatable bonds is 5. The van der Waals surface area contributed by atoms with Crippen molar-refractivity contribution in [2.24, 2.45) is 0 Å². The molecule has 0 aliphatic rings. The molecule has 0 saturated carbocycles. The molecule has 98 valence electrons. The van der Waals surface area contributed by atoms with Crippen molar-refractivity contribution < 1.29 is 19.5 Å². The third-order valence-corrected chi connectivity index (χ3v) is 2.22. The third-order valence-electron chi connectivity index (χ3n) is 2.22. The van der Waals surface area contributed by atoms with Crippen molar-refractivity contribution in [1.82, 2.24) is 5.06 Å². The van der Waals surface area contributed by atoms with Gasteiger partial charge < -0.3 is 5.11 Å². The summed E-state index contributed by atoms with van der Waals surface area (Å²) < 4.78 is 0. The molecule has 0 aromatic heterocycles. The predicted molar refractivity (Wildman–Crippen MR) is 66.2 cm³/mol. The van der Waals surface area contributed by atoms with Crippen molar-refractivity contribution in [2.45, 2.75) is 19.4 Å². The topological polar surface area (TPSA) is 66.8 Å². The van der Waals surface area contributed by atoms with E-state index in [1.54, 1.807) is 38.1 Å². The van der Waals surface area contributed by atoms with Gasteiger partial charge in [-0.05, 0) is 19.9 Å². The highest BCUT2D eigenvalue weighted by molar-refractivity contribution is 6.00. The fraction of sp³-hybridized carbons (Fsp3) is 0.385.